The number of nitrogens with zero attached hydrogens (tertiary/aromatic N) is 4. The third-order valence-corrected chi connectivity index (χ3v) is 3.62. The fraction of sp³-hybridized carbons (Fsp3) is 0.235. The van der Waals surface area contributed by atoms with Gasteiger partial charge in [-0.25, -0.2) is 9.67 Å². The highest BCUT2D eigenvalue weighted by Crippen LogP contribution is 2.14. The van der Waals surface area contributed by atoms with Gasteiger partial charge < -0.3 is 9.73 Å². The Hall–Kier alpha value is -3.49. The molecule has 3 aromatic heterocycles. The molecule has 0 saturated carbocycles. The zero-order chi connectivity index (χ0) is 18.5. The molecule has 0 aliphatic heterocycles. The Morgan fingerprint density at radius 3 is 2.81 bits per heavy atom. The average Bonchev–Trinajstić information content (AvgIpc) is 3.14. The lowest BCUT2D eigenvalue weighted by molar-refractivity contribution is -0.121. The van der Waals surface area contributed by atoms with Gasteiger partial charge in [-0.3, -0.25) is 19.0 Å². The van der Waals surface area contributed by atoms with Gasteiger partial charge in [-0.1, -0.05) is 0 Å². The number of amides is 1. The van der Waals surface area contributed by atoms with Crippen molar-refractivity contribution in [2.45, 2.75) is 20.0 Å². The van der Waals surface area contributed by atoms with Crippen LogP contribution in [0.4, 0.5) is 0 Å². The number of hydrogen-bond donors (Lipinski definition) is 1. The van der Waals surface area contributed by atoms with Gasteiger partial charge >= 0.3 is 0 Å². The van der Waals surface area contributed by atoms with E-state index in [-0.39, 0.29) is 36.7 Å². The molecular weight excluding hydrogens is 338 g/mol. The van der Waals surface area contributed by atoms with Crippen LogP contribution in [0.5, 0.6) is 0 Å². The van der Waals surface area contributed by atoms with Crippen LogP contribution in [-0.4, -0.2) is 31.8 Å². The predicted octanol–water partition coefficient (Wildman–Crippen LogP) is 0.185. The van der Waals surface area contributed by atoms with Gasteiger partial charge in [-0.15, -0.1) is 0 Å². The normalized spacial score (nSPS) is 10.7. The predicted molar refractivity (Wildman–Crippen MR) is 92.4 cm³/mol. The summed E-state index contributed by atoms with van der Waals surface area (Å²) in [4.78, 5) is 39.6. The number of carbonyl (C=O) groups is 1. The maximum Gasteiger partial charge on any atom is 0.266 e. The van der Waals surface area contributed by atoms with Crippen molar-refractivity contribution in [3.05, 3.63) is 69.3 Å². The van der Waals surface area contributed by atoms with Gasteiger partial charge in [-0.2, -0.15) is 5.10 Å². The van der Waals surface area contributed by atoms with Crippen molar-refractivity contribution in [1.29, 1.82) is 0 Å². The van der Waals surface area contributed by atoms with E-state index in [0.717, 1.165) is 0 Å². The Labute approximate surface area is 147 Å². The smallest absolute Gasteiger partial charge is 0.266 e. The van der Waals surface area contributed by atoms with E-state index in [9.17, 15) is 14.4 Å². The molecule has 0 aliphatic rings. The molecule has 9 nitrogen and oxygen atoms in total. The van der Waals surface area contributed by atoms with Gasteiger partial charge in [0.1, 0.15) is 12.2 Å². The summed E-state index contributed by atoms with van der Waals surface area (Å²) in [7, 11) is 0. The SMILES string of the molecule is Cc1cc(=O)n(CC(=O)NCCn2nc(-c3ccco3)ccc2=O)cn1. The minimum absolute atomic E-state index is 0.138. The standard InChI is InChI=1S/C17H17N5O4/c1-12-9-17(25)21(11-19-12)10-15(23)18-6-7-22-16(24)5-4-13(20-22)14-3-2-8-26-14/h2-5,8-9,11H,6-7,10H2,1H3,(H,18,23). The van der Waals surface area contributed by atoms with Crippen LogP contribution in [0.15, 0.2) is 56.9 Å². The number of nitrogens with one attached hydrogen (secondary N) is 1. The number of aromatic nitrogens is 4. The van der Waals surface area contributed by atoms with Crippen molar-refractivity contribution in [2.75, 3.05) is 6.54 Å². The van der Waals surface area contributed by atoms with Crippen molar-refractivity contribution in [3.8, 4) is 11.5 Å². The van der Waals surface area contributed by atoms with E-state index in [4.69, 9.17) is 4.42 Å². The Morgan fingerprint density at radius 2 is 2.08 bits per heavy atom. The second-order valence-electron chi connectivity index (χ2n) is 5.60. The van der Waals surface area contributed by atoms with E-state index < -0.39 is 0 Å². The number of hydrogen-bond acceptors (Lipinski definition) is 6. The number of rotatable bonds is 6. The van der Waals surface area contributed by atoms with Crippen LogP contribution in [-0.2, 0) is 17.9 Å². The zero-order valence-electron chi connectivity index (χ0n) is 14.1. The third kappa shape index (κ3) is 4.12. The first kappa shape index (κ1) is 17.3. The number of furan rings is 1. The van der Waals surface area contributed by atoms with Crippen LogP contribution in [0.2, 0.25) is 0 Å². The maximum atomic E-state index is 12.0. The fourth-order valence-corrected chi connectivity index (χ4v) is 2.31. The molecule has 0 fully saturated rings. The summed E-state index contributed by atoms with van der Waals surface area (Å²) < 4.78 is 7.72. The quantitative estimate of drug-likeness (QED) is 0.675. The van der Waals surface area contributed by atoms with Crippen molar-refractivity contribution in [1.82, 2.24) is 24.6 Å². The second kappa shape index (κ2) is 7.60. The van der Waals surface area contributed by atoms with E-state index in [1.165, 1.54) is 34.0 Å². The molecule has 0 spiro atoms. The number of carbonyl (C=O) groups excluding carboxylic acids is 1. The van der Waals surface area contributed by atoms with Crippen LogP contribution in [0.1, 0.15) is 5.69 Å². The largest absolute Gasteiger partial charge is 0.463 e. The van der Waals surface area contributed by atoms with E-state index >= 15 is 0 Å². The summed E-state index contributed by atoms with van der Waals surface area (Å²) in [5, 5.41) is 6.87. The van der Waals surface area contributed by atoms with Gasteiger partial charge in [0.15, 0.2) is 5.76 Å². The molecule has 1 N–H and O–H groups in total. The summed E-state index contributed by atoms with van der Waals surface area (Å²) >= 11 is 0. The maximum absolute atomic E-state index is 12.0. The van der Waals surface area contributed by atoms with E-state index in [1.54, 1.807) is 25.1 Å². The molecule has 134 valence electrons. The molecule has 0 bridgehead atoms. The monoisotopic (exact) mass is 355 g/mol. The molecule has 0 aromatic carbocycles. The lowest BCUT2D eigenvalue weighted by atomic mass is 10.3. The second-order valence-corrected chi connectivity index (χ2v) is 5.60. The Bertz CT molecular complexity index is 1020. The highest BCUT2D eigenvalue weighted by molar-refractivity contribution is 5.75. The van der Waals surface area contributed by atoms with Gasteiger partial charge in [0.2, 0.25) is 5.91 Å². The molecule has 0 radical (unpaired) electrons. The molecule has 3 heterocycles. The van der Waals surface area contributed by atoms with E-state index in [1.807, 2.05) is 0 Å². The first-order valence-electron chi connectivity index (χ1n) is 7.95. The van der Waals surface area contributed by atoms with Crippen molar-refractivity contribution >= 4 is 5.91 Å². The Kier molecular flexibility index (Phi) is 5.07. The van der Waals surface area contributed by atoms with Crippen LogP contribution < -0.4 is 16.4 Å². The molecule has 0 unspecified atom stereocenters. The van der Waals surface area contributed by atoms with Crippen LogP contribution >= 0.6 is 0 Å². The molecule has 26 heavy (non-hydrogen) atoms. The van der Waals surface area contributed by atoms with Crippen molar-refractivity contribution < 1.29 is 9.21 Å². The first-order valence-corrected chi connectivity index (χ1v) is 7.95. The highest BCUT2D eigenvalue weighted by atomic mass is 16.3. The molecule has 0 saturated heterocycles. The summed E-state index contributed by atoms with van der Waals surface area (Å²) in [6.45, 7) is 1.95. The van der Waals surface area contributed by atoms with Gasteiger partial charge in [0.05, 0.1) is 19.1 Å². The molecule has 0 atom stereocenters. The lowest BCUT2D eigenvalue weighted by Gasteiger charge is -2.09. The van der Waals surface area contributed by atoms with E-state index in [2.05, 4.69) is 15.4 Å². The summed E-state index contributed by atoms with van der Waals surface area (Å²) in [6, 6.07) is 7.80. The summed E-state index contributed by atoms with van der Waals surface area (Å²) in [5.41, 5.74) is 0.539. The molecule has 3 aromatic rings. The Balaban J connectivity index is 1.59. The van der Waals surface area contributed by atoms with Gasteiger partial charge in [-0.05, 0) is 25.1 Å². The molecular formula is C17H17N5O4. The van der Waals surface area contributed by atoms with Crippen LogP contribution in [0, 0.1) is 6.92 Å². The topological polar surface area (TPSA) is 112 Å². The molecule has 1 amide bonds. The summed E-state index contributed by atoms with van der Waals surface area (Å²) in [5.74, 6) is 0.196. The zero-order valence-corrected chi connectivity index (χ0v) is 14.1. The van der Waals surface area contributed by atoms with Crippen molar-refractivity contribution in [2.24, 2.45) is 0 Å². The molecule has 9 heteroatoms. The number of aryl methyl sites for hydroxylation is 1. The van der Waals surface area contributed by atoms with Crippen molar-refractivity contribution in [3.63, 3.8) is 0 Å². The molecule has 0 aliphatic carbocycles. The minimum atomic E-state index is -0.354. The van der Waals surface area contributed by atoms with Gasteiger partial charge in [0, 0.05) is 24.4 Å². The fourth-order valence-electron chi connectivity index (χ4n) is 2.31. The van der Waals surface area contributed by atoms with Crippen LogP contribution in [0.3, 0.4) is 0 Å². The van der Waals surface area contributed by atoms with E-state index in [0.29, 0.717) is 17.1 Å². The Morgan fingerprint density at radius 1 is 1.23 bits per heavy atom. The third-order valence-electron chi connectivity index (χ3n) is 3.62. The first-order chi connectivity index (χ1) is 12.5. The lowest BCUT2D eigenvalue weighted by Crippen LogP contribution is -2.35. The average molecular weight is 355 g/mol. The van der Waals surface area contributed by atoms with Gasteiger partial charge in [0.25, 0.3) is 11.1 Å². The minimum Gasteiger partial charge on any atom is -0.463 e. The summed E-state index contributed by atoms with van der Waals surface area (Å²) in [6.07, 6.45) is 2.85. The molecule has 3 rings (SSSR count). The van der Waals surface area contributed by atoms with Crippen LogP contribution in [0.25, 0.3) is 11.5 Å². The highest BCUT2D eigenvalue weighted by Gasteiger charge is 2.07.